The average molecular weight is 376 g/mol. The normalized spacial score (nSPS) is 19.4. The molecule has 132 valence electrons. The maximum absolute atomic E-state index is 12.5. The van der Waals surface area contributed by atoms with Gasteiger partial charge in [-0.05, 0) is 42.0 Å². The number of amides is 1. The van der Waals surface area contributed by atoms with Gasteiger partial charge in [0.15, 0.2) is 0 Å². The van der Waals surface area contributed by atoms with Gasteiger partial charge in [-0.25, -0.2) is 0 Å². The van der Waals surface area contributed by atoms with E-state index in [1.54, 1.807) is 23.1 Å². The summed E-state index contributed by atoms with van der Waals surface area (Å²) < 4.78 is 0. The van der Waals surface area contributed by atoms with Gasteiger partial charge >= 0.3 is 0 Å². The van der Waals surface area contributed by atoms with Crippen LogP contribution in [-0.4, -0.2) is 26.6 Å². The van der Waals surface area contributed by atoms with Crippen molar-refractivity contribution in [3.63, 3.8) is 0 Å². The number of rotatable bonds is 2. The Morgan fingerprint density at radius 2 is 1.56 bits per heavy atom. The van der Waals surface area contributed by atoms with Gasteiger partial charge in [0.1, 0.15) is 11.1 Å². The van der Waals surface area contributed by atoms with E-state index in [0.29, 0.717) is 11.0 Å². The zero-order valence-corrected chi connectivity index (χ0v) is 14.8. The molecule has 1 aliphatic heterocycles. The van der Waals surface area contributed by atoms with Crippen molar-refractivity contribution < 1.29 is 9.90 Å². The Morgan fingerprint density at radius 3 is 2.30 bits per heavy atom. The molecule has 3 aromatic carbocycles. The average Bonchev–Trinajstić information content (AvgIpc) is 2.71. The summed E-state index contributed by atoms with van der Waals surface area (Å²) >= 11 is 6.33. The molecular formula is C21H14ClN3O2. The second-order valence-electron chi connectivity index (χ2n) is 6.57. The van der Waals surface area contributed by atoms with E-state index in [1.165, 1.54) is 0 Å². The minimum Gasteiger partial charge on any atom is -0.508 e. The van der Waals surface area contributed by atoms with E-state index >= 15 is 0 Å². The Balaban J connectivity index is 1.67. The molecule has 0 aliphatic carbocycles. The van der Waals surface area contributed by atoms with Crippen LogP contribution in [0.5, 0.6) is 5.75 Å². The highest BCUT2D eigenvalue weighted by atomic mass is 35.5. The summed E-state index contributed by atoms with van der Waals surface area (Å²) in [5.74, 6) is 0.0317. The van der Waals surface area contributed by atoms with Crippen molar-refractivity contribution in [1.82, 2.24) is 10.2 Å². The predicted molar refractivity (Wildman–Crippen MR) is 105 cm³/mol. The van der Waals surface area contributed by atoms with Crippen molar-refractivity contribution in [3.8, 4) is 5.75 Å². The van der Waals surface area contributed by atoms with Crippen molar-refractivity contribution in [2.45, 2.75) is 11.4 Å². The van der Waals surface area contributed by atoms with E-state index in [1.807, 2.05) is 48.5 Å². The van der Waals surface area contributed by atoms with Crippen molar-refractivity contribution in [2.75, 3.05) is 4.90 Å². The van der Waals surface area contributed by atoms with Crippen molar-refractivity contribution in [1.29, 1.82) is 0 Å². The zero-order valence-electron chi connectivity index (χ0n) is 14.1. The SMILES string of the molecule is O=C1C(Cl)C(c2ccccc2)N1c1ccc2nnc3ccc(O)cc3c2c1. The number of β-lactam (4-membered cyclic amide) rings is 1. The highest BCUT2D eigenvalue weighted by Crippen LogP contribution is 2.43. The first-order valence-electron chi connectivity index (χ1n) is 8.55. The van der Waals surface area contributed by atoms with E-state index in [0.717, 1.165) is 22.0 Å². The molecule has 0 bridgehead atoms. The molecule has 1 N–H and O–H groups in total. The minimum atomic E-state index is -0.584. The van der Waals surface area contributed by atoms with E-state index in [-0.39, 0.29) is 17.7 Å². The standard InChI is InChI=1S/C21H14ClN3O2/c22-19-20(12-4-2-1-3-5-12)25(21(19)27)13-6-8-17-15(10-13)16-11-14(26)7-9-18(16)24-23-17/h1-11,19-20,26H. The first-order valence-corrected chi connectivity index (χ1v) is 8.98. The second kappa shape index (κ2) is 5.93. The van der Waals surface area contributed by atoms with Crippen LogP contribution in [0.15, 0.2) is 66.7 Å². The lowest BCUT2D eigenvalue weighted by Crippen LogP contribution is -2.56. The second-order valence-corrected chi connectivity index (χ2v) is 7.04. The number of halogens is 1. The number of hydrogen-bond donors (Lipinski definition) is 1. The highest BCUT2D eigenvalue weighted by Gasteiger charge is 2.47. The maximum atomic E-state index is 12.5. The van der Waals surface area contributed by atoms with E-state index < -0.39 is 5.38 Å². The molecule has 6 heteroatoms. The number of carbonyl (C=O) groups is 1. The van der Waals surface area contributed by atoms with Gasteiger partial charge < -0.3 is 10.0 Å². The molecule has 0 saturated carbocycles. The fourth-order valence-electron chi connectivity index (χ4n) is 3.62. The third kappa shape index (κ3) is 2.43. The van der Waals surface area contributed by atoms with Gasteiger partial charge in [0.2, 0.25) is 5.91 Å². The summed E-state index contributed by atoms with van der Waals surface area (Å²) in [5.41, 5.74) is 3.12. The van der Waals surface area contributed by atoms with Gasteiger partial charge in [-0.15, -0.1) is 21.8 Å². The predicted octanol–water partition coefficient (Wildman–Crippen LogP) is 4.18. The van der Waals surface area contributed by atoms with E-state index in [9.17, 15) is 9.90 Å². The Morgan fingerprint density at radius 1 is 0.889 bits per heavy atom. The Labute approximate surface area is 159 Å². The molecule has 2 heterocycles. The van der Waals surface area contributed by atoms with E-state index in [2.05, 4.69) is 10.2 Å². The molecule has 1 aliphatic rings. The molecule has 27 heavy (non-hydrogen) atoms. The smallest absolute Gasteiger partial charge is 0.248 e. The minimum absolute atomic E-state index is 0.126. The van der Waals surface area contributed by atoms with Gasteiger partial charge in [-0.2, -0.15) is 0 Å². The van der Waals surface area contributed by atoms with Gasteiger partial charge in [0, 0.05) is 16.5 Å². The van der Waals surface area contributed by atoms with Crippen molar-refractivity contribution >= 4 is 45.0 Å². The number of alkyl halides is 1. The number of aromatic nitrogens is 2. The highest BCUT2D eigenvalue weighted by molar-refractivity contribution is 6.37. The van der Waals surface area contributed by atoms with Crippen LogP contribution in [0.4, 0.5) is 5.69 Å². The number of phenolic OH excluding ortho intramolecular Hbond substituents is 1. The Hall–Kier alpha value is -3.18. The zero-order chi connectivity index (χ0) is 18.5. The molecule has 0 spiro atoms. The van der Waals surface area contributed by atoms with Crippen LogP contribution in [0.25, 0.3) is 21.8 Å². The van der Waals surface area contributed by atoms with Crippen LogP contribution in [0.2, 0.25) is 0 Å². The van der Waals surface area contributed by atoms with E-state index in [4.69, 9.17) is 11.6 Å². The number of nitrogens with zero attached hydrogens (tertiary/aromatic N) is 3. The van der Waals surface area contributed by atoms with Crippen molar-refractivity contribution in [3.05, 3.63) is 72.3 Å². The van der Waals surface area contributed by atoms with Crippen LogP contribution in [-0.2, 0) is 4.79 Å². The summed E-state index contributed by atoms with van der Waals surface area (Å²) in [6.07, 6.45) is 0. The molecule has 1 aromatic heterocycles. The number of hydrogen-bond acceptors (Lipinski definition) is 4. The third-order valence-electron chi connectivity index (χ3n) is 4.96. The molecule has 1 saturated heterocycles. The number of fused-ring (bicyclic) bond motifs is 3. The van der Waals surface area contributed by atoms with Crippen LogP contribution >= 0.6 is 11.6 Å². The molecule has 5 nitrogen and oxygen atoms in total. The topological polar surface area (TPSA) is 66.3 Å². The van der Waals surface area contributed by atoms with Gasteiger partial charge in [0.25, 0.3) is 0 Å². The summed E-state index contributed by atoms with van der Waals surface area (Å²) in [6.45, 7) is 0. The fraction of sp³-hybridized carbons (Fsp3) is 0.0952. The molecule has 2 unspecified atom stereocenters. The third-order valence-corrected chi connectivity index (χ3v) is 5.39. The quantitative estimate of drug-likeness (QED) is 0.324. The summed E-state index contributed by atoms with van der Waals surface area (Å²) in [6, 6.07) is 20.1. The van der Waals surface area contributed by atoms with Crippen molar-refractivity contribution in [2.24, 2.45) is 0 Å². The van der Waals surface area contributed by atoms with Crippen LogP contribution in [0, 0.1) is 0 Å². The van der Waals surface area contributed by atoms with Crippen LogP contribution in [0.1, 0.15) is 11.6 Å². The van der Waals surface area contributed by atoms with Crippen LogP contribution in [0.3, 0.4) is 0 Å². The lowest BCUT2D eigenvalue weighted by atomic mass is 9.92. The Bertz CT molecular complexity index is 1200. The molecule has 2 atom stereocenters. The molecule has 1 fully saturated rings. The molecule has 1 amide bonds. The molecule has 4 aromatic rings. The number of carbonyl (C=O) groups excluding carboxylic acids is 1. The monoisotopic (exact) mass is 375 g/mol. The number of anilines is 1. The number of phenols is 1. The summed E-state index contributed by atoms with van der Waals surface area (Å²) in [7, 11) is 0. The fourth-order valence-corrected chi connectivity index (χ4v) is 3.98. The van der Waals surface area contributed by atoms with Gasteiger partial charge in [0.05, 0.1) is 17.1 Å². The lowest BCUT2D eigenvalue weighted by molar-refractivity contribution is -0.123. The molecular weight excluding hydrogens is 362 g/mol. The Kier molecular flexibility index (Phi) is 3.52. The maximum Gasteiger partial charge on any atom is 0.248 e. The largest absolute Gasteiger partial charge is 0.508 e. The van der Waals surface area contributed by atoms with Gasteiger partial charge in [-0.1, -0.05) is 30.3 Å². The van der Waals surface area contributed by atoms with Crippen LogP contribution < -0.4 is 4.90 Å². The lowest BCUT2D eigenvalue weighted by Gasteiger charge is -2.44. The summed E-state index contributed by atoms with van der Waals surface area (Å²) in [4.78, 5) is 14.2. The van der Waals surface area contributed by atoms with Gasteiger partial charge in [-0.3, -0.25) is 4.79 Å². The number of benzene rings is 3. The number of aromatic hydroxyl groups is 1. The first-order chi connectivity index (χ1) is 13.1. The molecule has 0 radical (unpaired) electrons. The first kappa shape index (κ1) is 16.0. The summed E-state index contributed by atoms with van der Waals surface area (Å²) in [5, 5.41) is 19.3. The molecule has 5 rings (SSSR count).